The molecule has 21 heavy (non-hydrogen) atoms. The van der Waals surface area contributed by atoms with Crippen molar-refractivity contribution in [3.05, 3.63) is 28.8 Å². The third kappa shape index (κ3) is 4.23. The van der Waals surface area contributed by atoms with E-state index >= 15 is 0 Å². The summed E-state index contributed by atoms with van der Waals surface area (Å²) in [6.07, 6.45) is 0.599. The number of amides is 1. The molecule has 3 heteroatoms. The van der Waals surface area contributed by atoms with Gasteiger partial charge in [0.15, 0.2) is 0 Å². The predicted octanol–water partition coefficient (Wildman–Crippen LogP) is 3.65. The number of hydrogen-bond donors (Lipinski definition) is 2. The van der Waals surface area contributed by atoms with Crippen molar-refractivity contribution in [2.45, 2.75) is 65.7 Å². The molecule has 0 saturated carbocycles. The quantitative estimate of drug-likeness (QED) is 0.892. The van der Waals surface area contributed by atoms with E-state index in [0.717, 1.165) is 16.7 Å². The van der Waals surface area contributed by atoms with E-state index < -0.39 is 0 Å². The van der Waals surface area contributed by atoms with Crippen LogP contribution in [0.25, 0.3) is 0 Å². The summed E-state index contributed by atoms with van der Waals surface area (Å²) in [7, 11) is 0. The maximum absolute atomic E-state index is 11.3. The molecular formula is C18H29NO2. The largest absolute Gasteiger partial charge is 0.507 e. The number of rotatable bonds is 3. The highest BCUT2D eigenvalue weighted by Gasteiger charge is 2.27. The van der Waals surface area contributed by atoms with Gasteiger partial charge in [0.05, 0.1) is 0 Å². The lowest BCUT2D eigenvalue weighted by Gasteiger charge is -2.28. The lowest BCUT2D eigenvalue weighted by atomic mass is 9.77. The molecule has 0 aliphatic rings. The van der Waals surface area contributed by atoms with Crippen molar-refractivity contribution in [2.75, 3.05) is 0 Å². The third-order valence-electron chi connectivity index (χ3n) is 3.81. The van der Waals surface area contributed by atoms with Crippen LogP contribution in [0.5, 0.6) is 5.75 Å². The summed E-state index contributed by atoms with van der Waals surface area (Å²) in [5.74, 6) is -0.140. The molecule has 0 radical (unpaired) electrons. The molecule has 0 aromatic heterocycles. The Labute approximate surface area is 128 Å². The van der Waals surface area contributed by atoms with Crippen LogP contribution in [0.3, 0.4) is 0 Å². The van der Waals surface area contributed by atoms with Crippen molar-refractivity contribution in [2.24, 2.45) is 11.7 Å². The zero-order chi connectivity index (χ0) is 16.6. The molecule has 1 atom stereocenters. The van der Waals surface area contributed by atoms with Crippen LogP contribution in [-0.4, -0.2) is 11.0 Å². The summed E-state index contributed by atoms with van der Waals surface area (Å²) >= 11 is 0. The number of carbonyl (C=O) groups is 1. The lowest BCUT2D eigenvalue weighted by Crippen LogP contribution is -2.23. The average molecular weight is 291 g/mol. The number of phenolic OH excluding ortho intramolecular Hbond substituents is 1. The van der Waals surface area contributed by atoms with Gasteiger partial charge < -0.3 is 10.8 Å². The van der Waals surface area contributed by atoms with Gasteiger partial charge in [0.2, 0.25) is 5.91 Å². The van der Waals surface area contributed by atoms with Crippen LogP contribution in [0.4, 0.5) is 0 Å². The van der Waals surface area contributed by atoms with Crippen molar-refractivity contribution in [1.29, 1.82) is 0 Å². The standard InChI is InChI=1S/C18H29NO2/c1-11(16(19)21)8-12-9-13(17(2,3)4)15(20)14(10-12)18(5,6)7/h9-11,20H,8H2,1-7H3,(H2,19,21). The molecule has 0 fully saturated rings. The third-order valence-corrected chi connectivity index (χ3v) is 3.81. The van der Waals surface area contributed by atoms with Crippen LogP contribution < -0.4 is 5.73 Å². The monoisotopic (exact) mass is 291 g/mol. The molecule has 0 bridgehead atoms. The molecule has 0 aliphatic carbocycles. The number of aromatic hydroxyl groups is 1. The van der Waals surface area contributed by atoms with E-state index in [4.69, 9.17) is 5.73 Å². The highest BCUT2D eigenvalue weighted by molar-refractivity contribution is 5.76. The summed E-state index contributed by atoms with van der Waals surface area (Å²) in [5, 5.41) is 10.6. The maximum atomic E-state index is 11.3. The van der Waals surface area contributed by atoms with Crippen LogP contribution in [0.1, 0.15) is 65.2 Å². The Bertz CT molecular complexity index is 498. The van der Waals surface area contributed by atoms with Gasteiger partial charge in [0.25, 0.3) is 0 Å². The maximum Gasteiger partial charge on any atom is 0.220 e. The Morgan fingerprint density at radius 3 is 1.76 bits per heavy atom. The normalized spacial score (nSPS) is 14.0. The van der Waals surface area contributed by atoms with Gasteiger partial charge in [-0.1, -0.05) is 60.6 Å². The van der Waals surface area contributed by atoms with Crippen LogP contribution in [-0.2, 0) is 22.0 Å². The first kappa shape index (κ1) is 17.5. The van der Waals surface area contributed by atoms with Crippen molar-refractivity contribution in [3.8, 4) is 5.75 Å². The highest BCUT2D eigenvalue weighted by atomic mass is 16.3. The van der Waals surface area contributed by atoms with Crippen molar-refractivity contribution < 1.29 is 9.90 Å². The predicted molar refractivity (Wildman–Crippen MR) is 87.6 cm³/mol. The molecule has 0 aliphatic heterocycles. The number of carbonyl (C=O) groups excluding carboxylic acids is 1. The fourth-order valence-corrected chi connectivity index (χ4v) is 2.41. The number of nitrogens with two attached hydrogens (primary N) is 1. The lowest BCUT2D eigenvalue weighted by molar-refractivity contribution is -0.121. The second-order valence-electron chi connectivity index (χ2n) is 8.05. The summed E-state index contributed by atoms with van der Waals surface area (Å²) in [5.41, 5.74) is 7.95. The second-order valence-corrected chi connectivity index (χ2v) is 8.05. The molecule has 118 valence electrons. The van der Waals surface area contributed by atoms with E-state index in [-0.39, 0.29) is 22.7 Å². The Balaban J connectivity index is 3.44. The van der Waals surface area contributed by atoms with Crippen LogP contribution >= 0.6 is 0 Å². The zero-order valence-corrected chi connectivity index (χ0v) is 14.4. The molecule has 1 amide bonds. The molecule has 1 rings (SSSR count). The first-order valence-electron chi connectivity index (χ1n) is 7.50. The molecule has 3 nitrogen and oxygen atoms in total. The smallest absolute Gasteiger partial charge is 0.220 e. The van der Waals surface area contributed by atoms with Gasteiger partial charge in [-0.25, -0.2) is 0 Å². The van der Waals surface area contributed by atoms with Crippen molar-refractivity contribution in [3.63, 3.8) is 0 Å². The van der Waals surface area contributed by atoms with Gasteiger partial charge in [-0.15, -0.1) is 0 Å². The van der Waals surface area contributed by atoms with E-state index in [9.17, 15) is 9.90 Å². The first-order chi connectivity index (χ1) is 9.34. The van der Waals surface area contributed by atoms with Gasteiger partial charge in [-0.3, -0.25) is 4.79 Å². The molecule has 1 aromatic rings. The van der Waals surface area contributed by atoms with E-state index in [1.807, 2.05) is 19.1 Å². The Morgan fingerprint density at radius 2 is 1.48 bits per heavy atom. The summed E-state index contributed by atoms with van der Waals surface area (Å²) in [6, 6.07) is 4.01. The number of benzene rings is 1. The topological polar surface area (TPSA) is 63.3 Å². The Morgan fingerprint density at radius 1 is 1.10 bits per heavy atom. The fourth-order valence-electron chi connectivity index (χ4n) is 2.41. The molecule has 0 heterocycles. The van der Waals surface area contributed by atoms with E-state index in [2.05, 4.69) is 41.5 Å². The van der Waals surface area contributed by atoms with E-state index in [0.29, 0.717) is 12.2 Å². The zero-order valence-electron chi connectivity index (χ0n) is 14.4. The van der Waals surface area contributed by atoms with Crippen LogP contribution in [0.15, 0.2) is 12.1 Å². The first-order valence-corrected chi connectivity index (χ1v) is 7.50. The number of primary amides is 1. The van der Waals surface area contributed by atoms with E-state index in [1.54, 1.807) is 0 Å². The van der Waals surface area contributed by atoms with Gasteiger partial charge in [-0.05, 0) is 33.9 Å². The fraction of sp³-hybridized carbons (Fsp3) is 0.611. The van der Waals surface area contributed by atoms with Crippen molar-refractivity contribution in [1.82, 2.24) is 0 Å². The molecule has 0 saturated heterocycles. The number of phenols is 1. The highest BCUT2D eigenvalue weighted by Crippen LogP contribution is 2.40. The SMILES string of the molecule is CC(Cc1cc(C(C)(C)C)c(O)c(C(C)(C)C)c1)C(N)=O. The number of hydrogen-bond acceptors (Lipinski definition) is 2. The summed E-state index contributed by atoms with van der Waals surface area (Å²) in [6.45, 7) is 14.3. The van der Waals surface area contributed by atoms with Gasteiger partial charge in [0, 0.05) is 5.92 Å². The molecule has 0 spiro atoms. The molecule has 1 aromatic carbocycles. The molecule has 3 N–H and O–H groups in total. The minimum absolute atomic E-state index is 0.157. The van der Waals surface area contributed by atoms with Crippen LogP contribution in [0.2, 0.25) is 0 Å². The van der Waals surface area contributed by atoms with Crippen LogP contribution in [0, 0.1) is 5.92 Å². The minimum Gasteiger partial charge on any atom is -0.507 e. The Kier molecular flexibility index (Phi) is 4.76. The summed E-state index contributed by atoms with van der Waals surface area (Å²) < 4.78 is 0. The Hall–Kier alpha value is -1.51. The van der Waals surface area contributed by atoms with Gasteiger partial charge >= 0.3 is 0 Å². The van der Waals surface area contributed by atoms with Gasteiger partial charge in [0.1, 0.15) is 5.75 Å². The minimum atomic E-state index is -0.294. The summed E-state index contributed by atoms with van der Waals surface area (Å²) in [4.78, 5) is 11.3. The van der Waals surface area contributed by atoms with E-state index in [1.165, 1.54) is 0 Å². The second kappa shape index (κ2) is 5.70. The van der Waals surface area contributed by atoms with Gasteiger partial charge in [-0.2, -0.15) is 0 Å². The molecule has 1 unspecified atom stereocenters. The van der Waals surface area contributed by atoms with Crippen molar-refractivity contribution >= 4 is 5.91 Å². The molecular weight excluding hydrogens is 262 g/mol. The average Bonchev–Trinajstić information content (AvgIpc) is 2.27.